The molecule has 2 rings (SSSR count). The summed E-state index contributed by atoms with van der Waals surface area (Å²) < 4.78 is 5.40. The first-order chi connectivity index (χ1) is 10.9. The van der Waals surface area contributed by atoms with E-state index in [9.17, 15) is 14.9 Å². The zero-order valence-corrected chi connectivity index (χ0v) is 13.7. The molecule has 23 heavy (non-hydrogen) atoms. The van der Waals surface area contributed by atoms with Gasteiger partial charge in [0.2, 0.25) is 0 Å². The standard InChI is InChI=1S/C16H23N3O4/c1-4-14-10-23-8-7-18(14)16(20)17-12(3)13-6-5-11(2)15(9-13)19(21)22/h5-6,9,12,14H,4,7-8,10H2,1-3H3,(H,17,20)/t12-,14+/m0/s1. The number of hydrogen-bond acceptors (Lipinski definition) is 4. The molecule has 2 atom stereocenters. The average molecular weight is 321 g/mol. The molecule has 1 N–H and O–H groups in total. The van der Waals surface area contributed by atoms with Gasteiger partial charge in [-0.3, -0.25) is 10.1 Å². The largest absolute Gasteiger partial charge is 0.377 e. The fourth-order valence-corrected chi connectivity index (χ4v) is 2.70. The molecule has 1 aliphatic heterocycles. The number of carbonyl (C=O) groups excluding carboxylic acids is 1. The molecule has 1 aromatic rings. The maximum Gasteiger partial charge on any atom is 0.318 e. The van der Waals surface area contributed by atoms with Gasteiger partial charge in [0.05, 0.1) is 30.2 Å². The van der Waals surface area contributed by atoms with Gasteiger partial charge in [0.25, 0.3) is 5.69 Å². The number of rotatable bonds is 4. The number of nitrogens with one attached hydrogen (secondary N) is 1. The smallest absolute Gasteiger partial charge is 0.318 e. The van der Waals surface area contributed by atoms with Gasteiger partial charge >= 0.3 is 6.03 Å². The lowest BCUT2D eigenvalue weighted by molar-refractivity contribution is -0.385. The van der Waals surface area contributed by atoms with Crippen molar-refractivity contribution in [3.63, 3.8) is 0 Å². The van der Waals surface area contributed by atoms with E-state index >= 15 is 0 Å². The zero-order chi connectivity index (χ0) is 17.0. The minimum Gasteiger partial charge on any atom is -0.377 e. The van der Waals surface area contributed by atoms with Crippen molar-refractivity contribution in [3.05, 3.63) is 39.4 Å². The summed E-state index contributed by atoms with van der Waals surface area (Å²) in [6, 6.07) is 4.65. The molecule has 0 bridgehead atoms. The van der Waals surface area contributed by atoms with Crippen LogP contribution >= 0.6 is 0 Å². The number of carbonyl (C=O) groups is 1. The molecule has 7 heteroatoms. The summed E-state index contributed by atoms with van der Waals surface area (Å²) in [5.41, 5.74) is 1.40. The third-order valence-electron chi connectivity index (χ3n) is 4.23. The van der Waals surface area contributed by atoms with E-state index in [1.165, 1.54) is 6.07 Å². The molecule has 1 fully saturated rings. The minimum atomic E-state index is -0.400. The average Bonchev–Trinajstić information content (AvgIpc) is 2.54. The Morgan fingerprint density at radius 3 is 2.96 bits per heavy atom. The summed E-state index contributed by atoms with van der Waals surface area (Å²) in [7, 11) is 0. The highest BCUT2D eigenvalue weighted by atomic mass is 16.6. The van der Waals surface area contributed by atoms with Gasteiger partial charge in [-0.25, -0.2) is 4.79 Å². The van der Waals surface area contributed by atoms with Crippen LogP contribution in [0.4, 0.5) is 10.5 Å². The molecule has 0 spiro atoms. The van der Waals surface area contributed by atoms with E-state index in [0.29, 0.717) is 25.3 Å². The summed E-state index contributed by atoms with van der Waals surface area (Å²) in [6.07, 6.45) is 0.831. The summed E-state index contributed by atoms with van der Waals surface area (Å²) in [6.45, 7) is 7.19. The number of nitro benzene ring substituents is 1. The lowest BCUT2D eigenvalue weighted by Gasteiger charge is -2.35. The number of ether oxygens (including phenoxy) is 1. The van der Waals surface area contributed by atoms with E-state index in [1.807, 2.05) is 19.9 Å². The lowest BCUT2D eigenvalue weighted by atomic mass is 10.0. The Morgan fingerprint density at radius 2 is 2.30 bits per heavy atom. The number of amides is 2. The van der Waals surface area contributed by atoms with Crippen LogP contribution in [0.15, 0.2) is 18.2 Å². The molecular weight excluding hydrogens is 298 g/mol. The van der Waals surface area contributed by atoms with Crippen LogP contribution in [0.2, 0.25) is 0 Å². The van der Waals surface area contributed by atoms with Crippen LogP contribution in [0.1, 0.15) is 37.4 Å². The van der Waals surface area contributed by atoms with Crippen molar-refractivity contribution < 1.29 is 14.5 Å². The number of nitrogens with zero attached hydrogens (tertiary/aromatic N) is 2. The Bertz CT molecular complexity index is 591. The molecule has 1 saturated heterocycles. The van der Waals surface area contributed by atoms with Crippen LogP contribution in [-0.4, -0.2) is 41.7 Å². The van der Waals surface area contributed by atoms with Crippen molar-refractivity contribution in [2.75, 3.05) is 19.8 Å². The Labute approximate surface area is 135 Å². The first kappa shape index (κ1) is 17.2. The number of urea groups is 1. The van der Waals surface area contributed by atoms with Gasteiger partial charge in [-0.15, -0.1) is 0 Å². The van der Waals surface area contributed by atoms with Crippen molar-refractivity contribution >= 4 is 11.7 Å². The summed E-state index contributed by atoms with van der Waals surface area (Å²) in [4.78, 5) is 24.9. The zero-order valence-electron chi connectivity index (χ0n) is 13.7. The second kappa shape index (κ2) is 7.41. The van der Waals surface area contributed by atoms with Gasteiger partial charge in [0.15, 0.2) is 0 Å². The van der Waals surface area contributed by atoms with Gasteiger partial charge in [0.1, 0.15) is 0 Å². The fraction of sp³-hybridized carbons (Fsp3) is 0.562. The predicted molar refractivity (Wildman–Crippen MR) is 86.4 cm³/mol. The highest BCUT2D eigenvalue weighted by Gasteiger charge is 2.27. The minimum absolute atomic E-state index is 0.0707. The quantitative estimate of drug-likeness (QED) is 0.682. The first-order valence-electron chi connectivity index (χ1n) is 7.83. The topological polar surface area (TPSA) is 84.7 Å². The van der Waals surface area contributed by atoms with E-state index in [1.54, 1.807) is 17.9 Å². The van der Waals surface area contributed by atoms with Gasteiger partial charge in [0, 0.05) is 18.2 Å². The molecule has 1 aromatic carbocycles. The molecule has 7 nitrogen and oxygen atoms in total. The van der Waals surface area contributed by atoms with Gasteiger partial charge in [-0.1, -0.05) is 19.1 Å². The van der Waals surface area contributed by atoms with Crippen molar-refractivity contribution in [1.29, 1.82) is 0 Å². The second-order valence-electron chi connectivity index (χ2n) is 5.80. The molecule has 0 saturated carbocycles. The Balaban J connectivity index is 2.09. The van der Waals surface area contributed by atoms with E-state index in [4.69, 9.17) is 4.74 Å². The van der Waals surface area contributed by atoms with Gasteiger partial charge in [-0.2, -0.15) is 0 Å². The van der Waals surface area contributed by atoms with Crippen molar-refractivity contribution in [2.24, 2.45) is 0 Å². The van der Waals surface area contributed by atoms with E-state index < -0.39 is 4.92 Å². The predicted octanol–water partition coefficient (Wildman–Crippen LogP) is 2.78. The molecule has 2 amide bonds. The molecular formula is C16H23N3O4. The summed E-state index contributed by atoms with van der Waals surface area (Å²) >= 11 is 0. The second-order valence-corrected chi connectivity index (χ2v) is 5.80. The fourth-order valence-electron chi connectivity index (χ4n) is 2.70. The molecule has 0 radical (unpaired) electrons. The molecule has 0 unspecified atom stereocenters. The third-order valence-corrected chi connectivity index (χ3v) is 4.23. The lowest BCUT2D eigenvalue weighted by Crippen LogP contribution is -2.52. The summed E-state index contributed by atoms with van der Waals surface area (Å²) in [5, 5.41) is 14.0. The van der Waals surface area contributed by atoms with Crippen molar-refractivity contribution in [1.82, 2.24) is 10.2 Å². The van der Waals surface area contributed by atoms with Crippen LogP contribution in [0, 0.1) is 17.0 Å². The number of nitro groups is 1. The summed E-state index contributed by atoms with van der Waals surface area (Å²) in [5.74, 6) is 0. The Kier molecular flexibility index (Phi) is 5.54. The van der Waals surface area contributed by atoms with Crippen LogP contribution in [0.5, 0.6) is 0 Å². The normalized spacial score (nSPS) is 19.3. The highest BCUT2D eigenvalue weighted by molar-refractivity contribution is 5.75. The maximum absolute atomic E-state index is 12.5. The van der Waals surface area contributed by atoms with Crippen LogP contribution in [0.25, 0.3) is 0 Å². The Morgan fingerprint density at radius 1 is 1.57 bits per heavy atom. The number of aryl methyl sites for hydroxylation is 1. The first-order valence-corrected chi connectivity index (χ1v) is 7.83. The number of benzene rings is 1. The molecule has 1 heterocycles. The molecule has 1 aliphatic rings. The number of hydrogen-bond donors (Lipinski definition) is 1. The third kappa shape index (κ3) is 3.98. The van der Waals surface area contributed by atoms with E-state index in [0.717, 1.165) is 12.0 Å². The molecule has 0 aromatic heterocycles. The number of morpholine rings is 1. The monoisotopic (exact) mass is 321 g/mol. The molecule has 0 aliphatic carbocycles. The van der Waals surface area contributed by atoms with Crippen molar-refractivity contribution in [2.45, 2.75) is 39.3 Å². The van der Waals surface area contributed by atoms with E-state index in [-0.39, 0.29) is 23.8 Å². The van der Waals surface area contributed by atoms with Gasteiger partial charge < -0.3 is 15.0 Å². The SMILES string of the molecule is CC[C@@H]1COCCN1C(=O)N[C@@H](C)c1ccc(C)c([N+](=O)[O-])c1. The van der Waals surface area contributed by atoms with Gasteiger partial charge in [-0.05, 0) is 25.8 Å². The molecule has 126 valence electrons. The van der Waals surface area contributed by atoms with Crippen molar-refractivity contribution in [3.8, 4) is 0 Å². The van der Waals surface area contributed by atoms with E-state index in [2.05, 4.69) is 5.32 Å². The van der Waals surface area contributed by atoms with Crippen LogP contribution < -0.4 is 5.32 Å². The van der Waals surface area contributed by atoms with Crippen LogP contribution in [0.3, 0.4) is 0 Å². The van der Waals surface area contributed by atoms with Crippen LogP contribution in [-0.2, 0) is 4.74 Å². The maximum atomic E-state index is 12.5. The Hall–Kier alpha value is -2.15. The highest BCUT2D eigenvalue weighted by Crippen LogP contribution is 2.23.